The molecule has 2 amide bonds. The second-order valence-electron chi connectivity index (χ2n) is 17.1. The van der Waals surface area contributed by atoms with Crippen LogP contribution in [0.4, 0.5) is 24.9 Å². The van der Waals surface area contributed by atoms with Crippen molar-refractivity contribution in [3.63, 3.8) is 0 Å². The van der Waals surface area contributed by atoms with Crippen LogP contribution in [-0.2, 0) is 9.47 Å². The van der Waals surface area contributed by atoms with Gasteiger partial charge in [0, 0.05) is 24.8 Å². The highest BCUT2D eigenvalue weighted by molar-refractivity contribution is 7.22. The van der Waals surface area contributed by atoms with Gasteiger partial charge in [0.15, 0.2) is 10.9 Å². The van der Waals surface area contributed by atoms with Crippen LogP contribution in [0, 0.1) is 12.7 Å². The Morgan fingerprint density at radius 2 is 1.65 bits per heavy atom. The predicted octanol–water partition coefficient (Wildman–Crippen LogP) is 7.69. The van der Waals surface area contributed by atoms with Gasteiger partial charge in [0.05, 0.1) is 33.2 Å². The van der Waals surface area contributed by atoms with Crippen LogP contribution in [0.15, 0.2) is 18.3 Å². The molecule has 0 saturated carbocycles. The molecule has 7 heterocycles. The number of carbonyl (C=O) groups excluding carboxylic acids is 2. The van der Waals surface area contributed by atoms with E-state index in [9.17, 15) is 9.59 Å². The molecule has 2 bridgehead atoms. The molecule has 4 aromatic rings. The average molecular weight is 761 g/mol. The number of thiazole rings is 1. The van der Waals surface area contributed by atoms with Crippen molar-refractivity contribution in [3.8, 4) is 17.3 Å². The Bertz CT molecular complexity index is 2110. The Kier molecular flexibility index (Phi) is 9.10. The van der Waals surface area contributed by atoms with E-state index < -0.39 is 23.1 Å². The number of halogens is 1. The lowest BCUT2D eigenvalue weighted by atomic mass is 9.95. The van der Waals surface area contributed by atoms with Crippen molar-refractivity contribution < 1.29 is 28.2 Å². The molecule has 0 radical (unpaired) electrons. The van der Waals surface area contributed by atoms with Crippen molar-refractivity contribution in [2.75, 3.05) is 43.0 Å². The summed E-state index contributed by atoms with van der Waals surface area (Å²) in [5.74, 6) is -0.0727. The third-order valence-electron chi connectivity index (χ3n) is 10.9. The van der Waals surface area contributed by atoms with Crippen molar-refractivity contribution in [1.29, 1.82) is 0 Å². The quantitative estimate of drug-likeness (QED) is 0.207. The number of anilines is 2. The minimum Gasteiger partial charge on any atom is -0.461 e. The van der Waals surface area contributed by atoms with Crippen LogP contribution in [0.25, 0.3) is 32.4 Å². The maximum absolute atomic E-state index is 17.2. The number of hydrogen-bond acceptors (Lipinski definition) is 12. The number of piperazine rings is 1. The fourth-order valence-electron chi connectivity index (χ4n) is 8.69. The van der Waals surface area contributed by atoms with E-state index in [-0.39, 0.29) is 40.9 Å². The average Bonchev–Trinajstić information content (AvgIpc) is 3.84. The third-order valence-corrected chi connectivity index (χ3v) is 11.9. The molecule has 2 atom stereocenters. The van der Waals surface area contributed by atoms with E-state index in [1.54, 1.807) is 27.0 Å². The van der Waals surface area contributed by atoms with Gasteiger partial charge in [0.2, 0.25) is 0 Å². The van der Waals surface area contributed by atoms with E-state index in [1.807, 2.05) is 44.7 Å². The molecule has 1 N–H and O–H groups in total. The molecule has 4 aliphatic heterocycles. The molecular formula is C39H49FN8O5S. The number of carbonyl (C=O) groups is 2. The molecule has 3 aromatic heterocycles. The van der Waals surface area contributed by atoms with Gasteiger partial charge < -0.3 is 19.1 Å². The minimum atomic E-state index is -0.678. The standard InChI is InChI=1S/C39H49FN8O5S/c1-22-10-13-26-30(43-34(54-26)45-35(49)52-37(2,3)4)27(22)31-28(40)29-25(18-41-31)32(44-33(42-29)51-21-39-14-8-16-47(39)17-9-15-39)46-19-23-11-12-24(20-46)48(23)36(50)53-38(5,6)7/h10,13,18,23-24H,8-9,11-12,14-17,19-21H2,1-7H3,(H,43,45,49). The van der Waals surface area contributed by atoms with E-state index in [4.69, 9.17) is 34.1 Å². The normalized spacial score (nSPS) is 21.2. The van der Waals surface area contributed by atoms with Gasteiger partial charge in [0.25, 0.3) is 0 Å². The van der Waals surface area contributed by atoms with Crippen LogP contribution in [0.3, 0.4) is 0 Å². The summed E-state index contributed by atoms with van der Waals surface area (Å²) in [7, 11) is 0. The SMILES string of the molecule is Cc1ccc2sc(NC(=O)OC(C)(C)C)nc2c1-c1ncc2c(N3CC4CCC(C3)N4C(=O)OC(C)(C)C)nc(OCC34CCCN3CCC4)nc2c1F. The molecule has 15 heteroatoms. The lowest BCUT2D eigenvalue weighted by Gasteiger charge is -2.42. The highest BCUT2D eigenvalue weighted by Gasteiger charge is 2.46. The maximum atomic E-state index is 17.2. The first-order valence-corrected chi connectivity index (χ1v) is 19.8. The van der Waals surface area contributed by atoms with Crippen LogP contribution in [0.1, 0.15) is 85.6 Å². The van der Waals surface area contributed by atoms with Crippen LogP contribution in [-0.4, -0.2) is 104 Å². The largest absolute Gasteiger partial charge is 0.461 e. The molecule has 54 heavy (non-hydrogen) atoms. The van der Waals surface area contributed by atoms with Crippen molar-refractivity contribution >= 4 is 55.6 Å². The summed E-state index contributed by atoms with van der Waals surface area (Å²) in [5, 5.41) is 3.52. The molecule has 0 aliphatic carbocycles. The van der Waals surface area contributed by atoms with E-state index >= 15 is 4.39 Å². The summed E-state index contributed by atoms with van der Waals surface area (Å²) in [5.41, 5.74) is 0.662. The van der Waals surface area contributed by atoms with Gasteiger partial charge in [-0.2, -0.15) is 9.97 Å². The van der Waals surface area contributed by atoms with E-state index in [0.29, 0.717) is 47.1 Å². The first-order chi connectivity index (χ1) is 25.6. The fraction of sp³-hybridized carbons (Fsp3) is 0.590. The van der Waals surface area contributed by atoms with Gasteiger partial charge in [-0.05, 0) is 112 Å². The second-order valence-corrected chi connectivity index (χ2v) is 18.2. The number of nitrogens with zero attached hydrogens (tertiary/aromatic N) is 7. The number of aromatic nitrogens is 4. The minimum absolute atomic E-state index is 0.0546. The second kappa shape index (κ2) is 13.4. The zero-order valence-corrected chi connectivity index (χ0v) is 32.9. The summed E-state index contributed by atoms with van der Waals surface area (Å²) in [6, 6.07) is 3.76. The van der Waals surface area contributed by atoms with Crippen LogP contribution in [0.2, 0.25) is 0 Å². The Balaban J connectivity index is 1.18. The Hall–Kier alpha value is -4.37. The van der Waals surface area contributed by atoms with Gasteiger partial charge in [-0.15, -0.1) is 0 Å². The maximum Gasteiger partial charge on any atom is 0.413 e. The summed E-state index contributed by atoms with van der Waals surface area (Å²) in [4.78, 5) is 51.5. The van der Waals surface area contributed by atoms with E-state index in [2.05, 4.69) is 15.1 Å². The number of nitrogens with one attached hydrogen (secondary N) is 1. The van der Waals surface area contributed by atoms with Crippen LogP contribution >= 0.6 is 11.3 Å². The summed E-state index contributed by atoms with van der Waals surface area (Å²) in [6.45, 7) is 16.4. The number of hydrogen-bond donors (Lipinski definition) is 1. The lowest BCUT2D eigenvalue weighted by Crippen LogP contribution is -2.57. The molecular weight excluding hydrogens is 712 g/mol. The van der Waals surface area contributed by atoms with Gasteiger partial charge in [-0.25, -0.2) is 19.0 Å². The lowest BCUT2D eigenvalue weighted by molar-refractivity contribution is 0.0122. The first-order valence-electron chi connectivity index (χ1n) is 19.0. The zero-order valence-electron chi connectivity index (χ0n) is 32.1. The smallest absolute Gasteiger partial charge is 0.413 e. The van der Waals surface area contributed by atoms with Crippen molar-refractivity contribution in [3.05, 3.63) is 29.7 Å². The van der Waals surface area contributed by atoms with Crippen LogP contribution < -0.4 is 15.0 Å². The Morgan fingerprint density at radius 3 is 2.31 bits per heavy atom. The number of benzene rings is 1. The molecule has 1 aromatic carbocycles. The monoisotopic (exact) mass is 760 g/mol. The highest BCUT2D eigenvalue weighted by atomic mass is 32.1. The van der Waals surface area contributed by atoms with E-state index in [1.165, 1.54) is 11.3 Å². The molecule has 4 saturated heterocycles. The Morgan fingerprint density at radius 1 is 0.963 bits per heavy atom. The van der Waals surface area contributed by atoms with E-state index in [0.717, 1.165) is 61.9 Å². The number of ether oxygens (including phenoxy) is 3. The molecule has 2 unspecified atom stereocenters. The number of pyridine rings is 1. The third kappa shape index (κ3) is 6.89. The van der Waals surface area contributed by atoms with Gasteiger partial charge in [0.1, 0.15) is 34.8 Å². The first kappa shape index (κ1) is 36.6. The van der Waals surface area contributed by atoms with Gasteiger partial charge >= 0.3 is 18.2 Å². The molecule has 8 rings (SSSR count). The molecule has 4 aliphatic rings. The number of rotatable bonds is 6. The molecule has 13 nitrogen and oxygen atoms in total. The van der Waals surface area contributed by atoms with Gasteiger partial charge in [-0.3, -0.25) is 20.1 Å². The number of amides is 2. The molecule has 0 spiro atoms. The van der Waals surface area contributed by atoms with Crippen LogP contribution in [0.5, 0.6) is 6.01 Å². The zero-order chi connectivity index (χ0) is 38.2. The highest BCUT2D eigenvalue weighted by Crippen LogP contribution is 2.42. The number of fused-ring (bicyclic) bond motifs is 5. The number of aryl methyl sites for hydroxylation is 1. The topological polar surface area (TPSA) is 135 Å². The fourth-order valence-corrected chi connectivity index (χ4v) is 9.55. The summed E-state index contributed by atoms with van der Waals surface area (Å²) >= 11 is 1.27. The summed E-state index contributed by atoms with van der Waals surface area (Å²) < 4.78 is 35.6. The predicted molar refractivity (Wildman–Crippen MR) is 206 cm³/mol. The van der Waals surface area contributed by atoms with Crippen molar-refractivity contribution in [2.45, 2.75) is 116 Å². The summed E-state index contributed by atoms with van der Waals surface area (Å²) in [6.07, 6.45) is 6.72. The Labute approximate surface area is 318 Å². The molecule has 4 fully saturated rings. The van der Waals surface area contributed by atoms with Crippen molar-refractivity contribution in [2.24, 2.45) is 0 Å². The van der Waals surface area contributed by atoms with Gasteiger partial charge in [-0.1, -0.05) is 17.4 Å². The van der Waals surface area contributed by atoms with Crippen molar-refractivity contribution in [1.82, 2.24) is 29.7 Å². The molecule has 288 valence electrons.